The highest BCUT2D eigenvalue weighted by molar-refractivity contribution is 7.98. The Morgan fingerprint density at radius 2 is 2.40 bits per heavy atom. The molecule has 0 saturated heterocycles. The number of aromatic nitrogens is 1. The van der Waals surface area contributed by atoms with E-state index in [4.69, 9.17) is 4.98 Å². The van der Waals surface area contributed by atoms with Crippen LogP contribution in [0.2, 0.25) is 0 Å². The second kappa shape index (κ2) is 5.32. The Labute approximate surface area is 99.9 Å². The number of rotatable bonds is 5. The van der Waals surface area contributed by atoms with Gasteiger partial charge in [-0.15, -0.1) is 11.3 Å². The monoisotopic (exact) mass is 242 g/mol. The minimum absolute atomic E-state index is 0.424. The Bertz CT molecular complexity index is 301. The molecule has 0 aromatic carbocycles. The van der Waals surface area contributed by atoms with Crippen LogP contribution in [0.3, 0.4) is 0 Å². The van der Waals surface area contributed by atoms with E-state index in [1.165, 1.54) is 40.6 Å². The van der Waals surface area contributed by atoms with Crippen LogP contribution in [0.4, 0.5) is 0 Å². The molecule has 2 nitrogen and oxygen atoms in total. The van der Waals surface area contributed by atoms with E-state index in [2.05, 4.69) is 18.5 Å². The van der Waals surface area contributed by atoms with Crippen LogP contribution in [0.5, 0.6) is 0 Å². The maximum absolute atomic E-state index is 4.72. The number of thiazole rings is 1. The smallest absolute Gasteiger partial charge is 0.110 e. The molecule has 0 bridgehead atoms. The molecule has 1 N–H and O–H groups in total. The highest BCUT2D eigenvalue weighted by Gasteiger charge is 2.19. The quantitative estimate of drug-likeness (QED) is 0.804. The lowest BCUT2D eigenvalue weighted by molar-refractivity contribution is 0.596. The molecule has 1 aromatic rings. The van der Waals surface area contributed by atoms with Crippen molar-refractivity contribution in [2.24, 2.45) is 0 Å². The van der Waals surface area contributed by atoms with E-state index in [1.807, 2.05) is 23.1 Å². The number of hydrogen-bond donors (Lipinski definition) is 1. The van der Waals surface area contributed by atoms with Crippen molar-refractivity contribution in [3.63, 3.8) is 0 Å². The molecule has 1 atom stereocenters. The van der Waals surface area contributed by atoms with Gasteiger partial charge >= 0.3 is 0 Å². The zero-order valence-electron chi connectivity index (χ0n) is 9.38. The fraction of sp³-hybridized carbons (Fsp3) is 0.727. The Hall–Kier alpha value is -0.0600. The third-order valence-corrected chi connectivity index (χ3v) is 4.69. The normalized spacial score (nSPS) is 16.7. The molecule has 15 heavy (non-hydrogen) atoms. The van der Waals surface area contributed by atoms with E-state index < -0.39 is 0 Å². The average molecular weight is 242 g/mol. The van der Waals surface area contributed by atoms with Crippen LogP contribution in [0.15, 0.2) is 0 Å². The topological polar surface area (TPSA) is 24.9 Å². The SMILES string of the molecule is CSCCNC(C)c1nc2c(s1)CCC2. The molecule has 1 aliphatic carbocycles. The summed E-state index contributed by atoms with van der Waals surface area (Å²) in [6.45, 7) is 3.29. The maximum atomic E-state index is 4.72. The van der Waals surface area contributed by atoms with Crippen molar-refractivity contribution in [1.82, 2.24) is 10.3 Å². The molecule has 2 rings (SSSR count). The lowest BCUT2D eigenvalue weighted by Gasteiger charge is -2.10. The predicted octanol–water partition coefficient (Wildman–Crippen LogP) is 2.65. The maximum Gasteiger partial charge on any atom is 0.110 e. The van der Waals surface area contributed by atoms with Gasteiger partial charge in [-0.3, -0.25) is 0 Å². The standard InChI is InChI=1S/C11H18N2S2/c1-8(12-6-7-14-2)11-13-9-4-3-5-10(9)15-11/h8,12H,3-7H2,1-2H3. The summed E-state index contributed by atoms with van der Waals surface area (Å²) in [5.74, 6) is 1.18. The van der Waals surface area contributed by atoms with Gasteiger partial charge in [0.05, 0.1) is 11.7 Å². The van der Waals surface area contributed by atoms with Crippen molar-refractivity contribution in [1.29, 1.82) is 0 Å². The average Bonchev–Trinajstić information content (AvgIpc) is 2.76. The number of aryl methyl sites for hydroxylation is 2. The van der Waals surface area contributed by atoms with Gasteiger partial charge in [0.2, 0.25) is 0 Å². The fourth-order valence-corrected chi connectivity index (χ4v) is 3.36. The number of hydrogen-bond acceptors (Lipinski definition) is 4. The van der Waals surface area contributed by atoms with Gasteiger partial charge in [-0.1, -0.05) is 0 Å². The fourth-order valence-electron chi connectivity index (χ4n) is 1.86. The van der Waals surface area contributed by atoms with Gasteiger partial charge in [0, 0.05) is 17.2 Å². The van der Waals surface area contributed by atoms with Gasteiger partial charge in [0.15, 0.2) is 0 Å². The Balaban J connectivity index is 1.91. The van der Waals surface area contributed by atoms with Crippen molar-refractivity contribution >= 4 is 23.1 Å². The van der Waals surface area contributed by atoms with Crippen LogP contribution < -0.4 is 5.32 Å². The van der Waals surface area contributed by atoms with Crippen LogP contribution >= 0.6 is 23.1 Å². The molecule has 0 fully saturated rings. The van der Waals surface area contributed by atoms with Crippen LogP contribution in [0.1, 0.15) is 35.0 Å². The van der Waals surface area contributed by atoms with Crippen molar-refractivity contribution in [2.75, 3.05) is 18.6 Å². The number of nitrogens with one attached hydrogen (secondary N) is 1. The molecular formula is C11H18N2S2. The summed E-state index contributed by atoms with van der Waals surface area (Å²) in [6.07, 6.45) is 5.90. The minimum Gasteiger partial charge on any atom is -0.307 e. The first-order chi connectivity index (χ1) is 7.31. The first kappa shape index (κ1) is 11.4. The molecule has 1 unspecified atom stereocenters. The van der Waals surface area contributed by atoms with Crippen molar-refractivity contribution in [2.45, 2.75) is 32.2 Å². The lowest BCUT2D eigenvalue weighted by Crippen LogP contribution is -2.21. The van der Waals surface area contributed by atoms with Gasteiger partial charge in [-0.05, 0) is 32.4 Å². The molecule has 0 spiro atoms. The molecule has 0 saturated carbocycles. The summed E-state index contributed by atoms with van der Waals surface area (Å²) in [4.78, 5) is 6.25. The van der Waals surface area contributed by atoms with Crippen molar-refractivity contribution < 1.29 is 0 Å². The summed E-state index contributed by atoms with van der Waals surface area (Å²) < 4.78 is 0. The van der Waals surface area contributed by atoms with Gasteiger partial charge in [0.1, 0.15) is 5.01 Å². The largest absolute Gasteiger partial charge is 0.307 e. The third kappa shape index (κ3) is 2.74. The molecule has 1 heterocycles. The van der Waals surface area contributed by atoms with E-state index in [9.17, 15) is 0 Å². The molecule has 4 heteroatoms. The van der Waals surface area contributed by atoms with E-state index in [0.717, 1.165) is 6.54 Å². The molecule has 1 aromatic heterocycles. The number of nitrogens with zero attached hydrogens (tertiary/aromatic N) is 1. The zero-order valence-corrected chi connectivity index (χ0v) is 11.0. The highest BCUT2D eigenvalue weighted by atomic mass is 32.2. The Morgan fingerprint density at radius 1 is 1.53 bits per heavy atom. The predicted molar refractivity (Wildman–Crippen MR) is 68.9 cm³/mol. The second-order valence-electron chi connectivity index (χ2n) is 3.94. The van der Waals surface area contributed by atoms with Crippen LogP contribution in [-0.2, 0) is 12.8 Å². The molecule has 0 aliphatic heterocycles. The summed E-state index contributed by atoms with van der Waals surface area (Å²) in [5.41, 5.74) is 1.37. The Kier molecular flexibility index (Phi) is 4.05. The molecular weight excluding hydrogens is 224 g/mol. The minimum atomic E-state index is 0.424. The van der Waals surface area contributed by atoms with E-state index in [1.54, 1.807) is 0 Å². The van der Waals surface area contributed by atoms with Crippen molar-refractivity contribution in [3.05, 3.63) is 15.6 Å². The van der Waals surface area contributed by atoms with Gasteiger partial charge in [-0.25, -0.2) is 4.98 Å². The van der Waals surface area contributed by atoms with Crippen LogP contribution in [0, 0.1) is 0 Å². The summed E-state index contributed by atoms with van der Waals surface area (Å²) in [7, 11) is 0. The van der Waals surface area contributed by atoms with E-state index in [0.29, 0.717) is 6.04 Å². The zero-order chi connectivity index (χ0) is 10.7. The first-order valence-corrected chi connectivity index (χ1v) is 7.73. The van der Waals surface area contributed by atoms with Crippen LogP contribution in [-0.4, -0.2) is 23.5 Å². The van der Waals surface area contributed by atoms with Crippen LogP contribution in [0.25, 0.3) is 0 Å². The van der Waals surface area contributed by atoms with Gasteiger partial charge in [0.25, 0.3) is 0 Å². The highest BCUT2D eigenvalue weighted by Crippen LogP contribution is 2.30. The summed E-state index contributed by atoms with van der Waals surface area (Å²) in [5, 5.41) is 4.79. The first-order valence-electron chi connectivity index (χ1n) is 5.52. The van der Waals surface area contributed by atoms with E-state index >= 15 is 0 Å². The number of fused-ring (bicyclic) bond motifs is 1. The molecule has 0 amide bonds. The Morgan fingerprint density at radius 3 is 3.13 bits per heavy atom. The molecule has 1 aliphatic rings. The van der Waals surface area contributed by atoms with Crippen molar-refractivity contribution in [3.8, 4) is 0 Å². The second-order valence-corrected chi connectivity index (χ2v) is 6.04. The lowest BCUT2D eigenvalue weighted by atomic mass is 10.3. The van der Waals surface area contributed by atoms with Gasteiger partial charge < -0.3 is 5.32 Å². The van der Waals surface area contributed by atoms with Gasteiger partial charge in [-0.2, -0.15) is 11.8 Å². The molecule has 84 valence electrons. The van der Waals surface area contributed by atoms with E-state index in [-0.39, 0.29) is 0 Å². The third-order valence-electron chi connectivity index (χ3n) is 2.74. The molecule has 0 radical (unpaired) electrons. The number of thioether (sulfide) groups is 1. The summed E-state index contributed by atoms with van der Waals surface area (Å²) >= 11 is 3.79. The summed E-state index contributed by atoms with van der Waals surface area (Å²) in [6, 6.07) is 0.424.